The molecule has 0 N–H and O–H groups in total. The van der Waals surface area contributed by atoms with Gasteiger partial charge in [-0.25, -0.2) is 4.98 Å². The molecular weight excluding hydrogens is 953 g/mol. The third kappa shape index (κ3) is 7.21. The first-order valence-electron chi connectivity index (χ1n) is 21.2. The standard InChI is InChI=1S/C55H43BN5O.Pt/c1-38-23-25-40(26-24-38)53-54(47(39-15-6-5-7-16-39)36-56-30-12-13-32-60(53)56)59-37-58(49-21-10-11-22-50(49)59)42-17-14-18-43(34-42)62-44-27-28-46-45-19-8-9-20-48(45)61(51(46)35-44)52-33-41(29-31-57-52)55(2,3)4;/h5-33,36-37H,1-4H3;/q-3;. The van der Waals surface area contributed by atoms with Crippen molar-refractivity contribution in [2.24, 2.45) is 0 Å². The van der Waals surface area contributed by atoms with Crippen LogP contribution in [0.1, 0.15) is 43.0 Å². The molecule has 0 atom stereocenters. The van der Waals surface area contributed by atoms with E-state index in [1.807, 2.05) is 24.4 Å². The van der Waals surface area contributed by atoms with Crippen molar-refractivity contribution in [3.05, 3.63) is 229 Å². The first-order chi connectivity index (χ1) is 30.3. The number of benzene rings is 6. The molecule has 0 saturated heterocycles. The Hall–Kier alpha value is -6.82. The van der Waals surface area contributed by atoms with Crippen molar-refractivity contribution >= 4 is 57.0 Å². The summed E-state index contributed by atoms with van der Waals surface area (Å²) in [5.74, 6) is 6.68. The zero-order valence-electron chi connectivity index (χ0n) is 35.4. The van der Waals surface area contributed by atoms with Crippen LogP contribution in [0.3, 0.4) is 0 Å². The Morgan fingerprint density at radius 3 is 2.22 bits per heavy atom. The molecule has 63 heavy (non-hydrogen) atoms. The van der Waals surface area contributed by atoms with Crippen molar-refractivity contribution in [3.63, 3.8) is 0 Å². The Morgan fingerprint density at radius 2 is 1.41 bits per heavy atom. The van der Waals surface area contributed by atoms with Gasteiger partial charge < -0.3 is 23.9 Å². The molecule has 2 aromatic heterocycles. The van der Waals surface area contributed by atoms with Crippen LogP contribution in [0, 0.1) is 25.7 Å². The molecule has 6 nitrogen and oxygen atoms in total. The molecule has 0 aliphatic carbocycles. The number of anilines is 3. The van der Waals surface area contributed by atoms with E-state index >= 15 is 0 Å². The molecule has 11 rings (SSSR count). The van der Waals surface area contributed by atoms with Crippen LogP contribution in [0.5, 0.6) is 11.5 Å². The summed E-state index contributed by atoms with van der Waals surface area (Å²) in [5, 5.41) is 2.23. The van der Waals surface area contributed by atoms with Gasteiger partial charge in [-0.1, -0.05) is 135 Å². The van der Waals surface area contributed by atoms with Gasteiger partial charge >= 0.3 is 6.85 Å². The Morgan fingerprint density at radius 1 is 0.667 bits per heavy atom. The molecule has 3 aliphatic rings. The fraction of sp³-hybridized carbons (Fsp3) is 0.0909. The summed E-state index contributed by atoms with van der Waals surface area (Å²) in [6.07, 6.45) is 8.35. The van der Waals surface area contributed by atoms with Crippen molar-refractivity contribution in [1.82, 2.24) is 14.4 Å². The van der Waals surface area contributed by atoms with E-state index in [1.165, 1.54) is 16.7 Å². The van der Waals surface area contributed by atoms with Crippen LogP contribution in [0.15, 0.2) is 188 Å². The number of aryl methyl sites for hydroxylation is 1. The molecule has 6 aromatic carbocycles. The van der Waals surface area contributed by atoms with Gasteiger partial charge in [-0.05, 0) is 82.6 Å². The maximum atomic E-state index is 6.66. The van der Waals surface area contributed by atoms with Crippen LogP contribution in [0.25, 0.3) is 38.9 Å². The van der Waals surface area contributed by atoms with Gasteiger partial charge in [0.05, 0.1) is 5.70 Å². The zero-order valence-corrected chi connectivity index (χ0v) is 37.7. The molecule has 5 heterocycles. The summed E-state index contributed by atoms with van der Waals surface area (Å²) in [7, 11) is 0. The second kappa shape index (κ2) is 16.1. The third-order valence-electron chi connectivity index (χ3n) is 12.0. The number of allylic oxidation sites excluding steroid dienone is 3. The second-order valence-corrected chi connectivity index (χ2v) is 17.1. The smallest absolute Gasteiger partial charge is 0.313 e. The van der Waals surface area contributed by atoms with E-state index in [-0.39, 0.29) is 33.3 Å². The summed E-state index contributed by atoms with van der Waals surface area (Å²) in [6.45, 7) is 11.1. The summed E-state index contributed by atoms with van der Waals surface area (Å²) in [6, 6.07) is 58.4. The maximum Gasteiger partial charge on any atom is 0.313 e. The fourth-order valence-electron chi connectivity index (χ4n) is 8.88. The summed E-state index contributed by atoms with van der Waals surface area (Å²) >= 11 is 0. The Labute approximate surface area is 384 Å². The van der Waals surface area contributed by atoms with Crippen molar-refractivity contribution < 1.29 is 25.8 Å². The fourth-order valence-corrected chi connectivity index (χ4v) is 8.88. The molecule has 0 amide bonds. The van der Waals surface area contributed by atoms with Crippen LogP contribution in [0.4, 0.5) is 17.1 Å². The average Bonchev–Trinajstić information content (AvgIpc) is 3.85. The molecule has 8 aromatic rings. The van der Waals surface area contributed by atoms with Crippen LogP contribution in [0.2, 0.25) is 0 Å². The van der Waals surface area contributed by atoms with Crippen molar-refractivity contribution in [3.8, 4) is 17.3 Å². The van der Waals surface area contributed by atoms with Gasteiger partial charge in [0.2, 0.25) is 0 Å². The summed E-state index contributed by atoms with van der Waals surface area (Å²) in [4.78, 5) is 11.8. The van der Waals surface area contributed by atoms with Gasteiger partial charge in [-0.15, -0.1) is 48.1 Å². The van der Waals surface area contributed by atoms with Crippen molar-refractivity contribution in [2.75, 3.05) is 9.80 Å². The van der Waals surface area contributed by atoms with E-state index in [0.29, 0.717) is 11.5 Å². The molecule has 0 saturated carbocycles. The zero-order chi connectivity index (χ0) is 42.0. The van der Waals surface area contributed by atoms with Gasteiger partial charge in [0.25, 0.3) is 0 Å². The molecule has 8 heteroatoms. The monoisotopic (exact) mass is 995 g/mol. The largest absolute Gasteiger partial charge is 0.509 e. The predicted molar refractivity (Wildman–Crippen MR) is 255 cm³/mol. The minimum Gasteiger partial charge on any atom is -0.509 e. The SMILES string of the molecule is Cc1ccc(C2=C(N3[CH-]N(c4[c-]c(Oc5[c-]c6c(cc5)c5ccccc5n6-c5cc(C(C)(C)C)ccn5)ccc4)c4ccccc43)C(c3ccccc3)=CB3C=CC=CN32)cc1.[Pt]. The topological polar surface area (TPSA) is 36.8 Å². The number of hydrogen-bond acceptors (Lipinski definition) is 5. The number of ether oxygens (including phenoxy) is 1. The minimum atomic E-state index is -0.0253. The molecule has 0 unspecified atom stereocenters. The van der Waals surface area contributed by atoms with Gasteiger partial charge in [-0.2, -0.15) is 12.1 Å². The number of hydrogen-bond donors (Lipinski definition) is 0. The number of aromatic nitrogens is 2. The number of nitrogens with zero attached hydrogens (tertiary/aromatic N) is 5. The minimum absolute atomic E-state index is 0. The average molecular weight is 996 g/mol. The normalized spacial score (nSPS) is 14.6. The number of pyridine rings is 1. The first-order valence-corrected chi connectivity index (χ1v) is 21.2. The molecule has 0 radical (unpaired) electrons. The number of para-hydroxylation sites is 3. The van der Waals surface area contributed by atoms with E-state index in [1.54, 1.807) is 0 Å². The first kappa shape index (κ1) is 40.3. The van der Waals surface area contributed by atoms with E-state index in [2.05, 4.69) is 223 Å². The molecule has 0 bridgehead atoms. The Kier molecular flexibility index (Phi) is 10.3. The maximum absolute atomic E-state index is 6.66. The van der Waals surface area contributed by atoms with E-state index in [9.17, 15) is 0 Å². The molecule has 0 spiro atoms. The van der Waals surface area contributed by atoms with Gasteiger partial charge in [-0.3, -0.25) is 0 Å². The van der Waals surface area contributed by atoms with E-state index in [0.717, 1.165) is 67.2 Å². The Balaban J connectivity index is 0.00000471. The van der Waals surface area contributed by atoms with Crippen molar-refractivity contribution in [2.45, 2.75) is 33.1 Å². The van der Waals surface area contributed by atoms with Crippen LogP contribution in [-0.2, 0) is 26.5 Å². The Bertz CT molecular complexity index is 3160. The van der Waals surface area contributed by atoms with E-state index < -0.39 is 0 Å². The van der Waals surface area contributed by atoms with Gasteiger partial charge in [0, 0.05) is 61.3 Å². The van der Waals surface area contributed by atoms with E-state index in [4.69, 9.17) is 9.72 Å². The molecule has 3 aliphatic heterocycles. The van der Waals surface area contributed by atoms with Crippen LogP contribution >= 0.6 is 0 Å². The quantitative estimate of drug-likeness (QED) is 0.117. The van der Waals surface area contributed by atoms with Gasteiger partial charge in [0.1, 0.15) is 5.82 Å². The van der Waals surface area contributed by atoms with Crippen molar-refractivity contribution in [1.29, 1.82) is 0 Å². The van der Waals surface area contributed by atoms with Gasteiger partial charge in [0.15, 0.2) is 0 Å². The number of rotatable bonds is 7. The summed E-state index contributed by atoms with van der Waals surface area (Å²) in [5.41, 5.74) is 13.1. The molecular formula is C55H43BN5OPt-3. The molecule has 310 valence electrons. The molecule has 0 fully saturated rings. The number of fused-ring (bicyclic) bond motifs is 5. The predicted octanol–water partition coefficient (Wildman–Crippen LogP) is 13.2. The third-order valence-corrected chi connectivity index (χ3v) is 12.0. The van der Waals surface area contributed by atoms with Crippen LogP contribution in [-0.4, -0.2) is 21.2 Å². The second-order valence-electron chi connectivity index (χ2n) is 17.1. The summed E-state index contributed by atoms with van der Waals surface area (Å²) < 4.78 is 8.86. The van der Waals surface area contributed by atoms with Crippen LogP contribution < -0.4 is 14.5 Å².